The van der Waals surface area contributed by atoms with E-state index in [0.717, 1.165) is 19.3 Å². The number of fused-ring (bicyclic) bond motifs is 3. The SMILES string of the molecule is CCC1CC(C)CC(OCC(=O)NC23CCC(NC(=O)COC4CCC(Cl)C(F)C4)(CC2)[C@@H](O)C3)C1. The second-order valence-corrected chi connectivity index (χ2v) is 12.6. The fourth-order valence-electron chi connectivity index (χ4n) is 7.04. The third-order valence-corrected chi connectivity index (χ3v) is 9.73. The minimum atomic E-state index is -1.11. The van der Waals surface area contributed by atoms with Crippen molar-refractivity contribution in [3.8, 4) is 0 Å². The third-order valence-electron chi connectivity index (χ3n) is 9.23. The van der Waals surface area contributed by atoms with Crippen molar-refractivity contribution in [3.05, 3.63) is 0 Å². The lowest BCUT2D eigenvalue weighted by Gasteiger charge is -2.56. The van der Waals surface area contributed by atoms with Gasteiger partial charge in [-0.25, -0.2) is 4.39 Å². The number of rotatable bonds is 9. The molecule has 5 fully saturated rings. The van der Waals surface area contributed by atoms with E-state index < -0.39 is 28.7 Å². The van der Waals surface area contributed by atoms with Gasteiger partial charge < -0.3 is 25.2 Å². The number of alkyl halides is 2. The van der Waals surface area contributed by atoms with Crippen LogP contribution in [0.15, 0.2) is 0 Å². The van der Waals surface area contributed by atoms with Crippen molar-refractivity contribution < 1.29 is 28.6 Å². The van der Waals surface area contributed by atoms with Gasteiger partial charge in [0.2, 0.25) is 11.8 Å². The lowest BCUT2D eigenvalue weighted by atomic mass is 9.60. The Hall–Kier alpha value is -0.960. The Morgan fingerprint density at radius 1 is 0.972 bits per heavy atom. The summed E-state index contributed by atoms with van der Waals surface area (Å²) in [7, 11) is 0. The average Bonchev–Trinajstić information content (AvgIpc) is 2.84. The maximum atomic E-state index is 13.8. The molecule has 3 N–H and O–H groups in total. The summed E-state index contributed by atoms with van der Waals surface area (Å²) in [6.07, 6.45) is 6.72. The number of nitrogens with one attached hydrogen (secondary N) is 2. The monoisotopic (exact) mass is 530 g/mol. The molecule has 7 atom stereocenters. The van der Waals surface area contributed by atoms with Gasteiger partial charge in [-0.1, -0.05) is 20.3 Å². The van der Waals surface area contributed by atoms with Crippen LogP contribution in [0, 0.1) is 11.8 Å². The molecular formula is C27H44ClFN2O5. The molecule has 9 heteroatoms. The third kappa shape index (κ3) is 6.72. The first-order valence-corrected chi connectivity index (χ1v) is 14.4. The molecule has 0 heterocycles. The molecule has 5 saturated carbocycles. The lowest BCUT2D eigenvalue weighted by molar-refractivity contribution is -0.142. The minimum absolute atomic E-state index is 0.0518. The quantitative estimate of drug-likeness (QED) is 0.394. The van der Waals surface area contributed by atoms with E-state index in [1.807, 2.05) is 0 Å². The molecule has 5 rings (SSSR count). The summed E-state index contributed by atoms with van der Waals surface area (Å²) >= 11 is 5.92. The van der Waals surface area contributed by atoms with Crippen LogP contribution in [0.3, 0.4) is 0 Å². The van der Waals surface area contributed by atoms with Crippen LogP contribution < -0.4 is 10.6 Å². The summed E-state index contributed by atoms with van der Waals surface area (Å²) in [4.78, 5) is 25.4. The number of hydrogen-bond donors (Lipinski definition) is 3. The summed E-state index contributed by atoms with van der Waals surface area (Å²) in [5, 5.41) is 16.7. The molecule has 5 aliphatic rings. The highest BCUT2D eigenvalue weighted by molar-refractivity contribution is 6.21. The van der Waals surface area contributed by atoms with E-state index in [1.54, 1.807) is 0 Å². The average molecular weight is 531 g/mol. The molecule has 36 heavy (non-hydrogen) atoms. The number of carbonyl (C=O) groups is 2. The lowest BCUT2D eigenvalue weighted by Crippen LogP contribution is -2.70. The van der Waals surface area contributed by atoms with Crippen molar-refractivity contribution in [2.75, 3.05) is 13.2 Å². The van der Waals surface area contributed by atoms with E-state index in [1.165, 1.54) is 6.42 Å². The van der Waals surface area contributed by atoms with Gasteiger partial charge in [0.15, 0.2) is 0 Å². The molecule has 7 nitrogen and oxygen atoms in total. The molecule has 0 saturated heterocycles. The molecule has 0 aromatic rings. The second kappa shape index (κ2) is 11.8. The Bertz CT molecular complexity index is 777. The summed E-state index contributed by atoms with van der Waals surface area (Å²) in [5.74, 6) is 0.869. The Kier molecular flexibility index (Phi) is 9.22. The van der Waals surface area contributed by atoms with Gasteiger partial charge in [0.25, 0.3) is 0 Å². The molecule has 0 aliphatic heterocycles. The zero-order valence-electron chi connectivity index (χ0n) is 21.8. The predicted molar refractivity (Wildman–Crippen MR) is 136 cm³/mol. The minimum Gasteiger partial charge on any atom is -0.391 e. The number of hydrogen-bond acceptors (Lipinski definition) is 5. The first-order chi connectivity index (χ1) is 17.1. The summed E-state index contributed by atoms with van der Waals surface area (Å²) in [6.45, 7) is 4.36. The number of aliphatic hydroxyl groups is 1. The van der Waals surface area contributed by atoms with Crippen molar-refractivity contribution in [2.24, 2.45) is 11.8 Å². The zero-order valence-corrected chi connectivity index (χ0v) is 22.5. The Morgan fingerprint density at radius 3 is 2.28 bits per heavy atom. The van der Waals surface area contributed by atoms with Crippen molar-refractivity contribution >= 4 is 23.4 Å². The number of halogens is 2. The topological polar surface area (TPSA) is 96.9 Å². The molecule has 2 bridgehead atoms. The fourth-order valence-corrected chi connectivity index (χ4v) is 7.27. The molecule has 6 unspecified atom stereocenters. The van der Waals surface area contributed by atoms with E-state index >= 15 is 0 Å². The van der Waals surface area contributed by atoms with Gasteiger partial charge in [0, 0.05) is 12.0 Å². The number of ether oxygens (including phenoxy) is 2. The molecule has 2 amide bonds. The number of amides is 2. The van der Waals surface area contributed by atoms with E-state index in [-0.39, 0.29) is 43.7 Å². The predicted octanol–water partition coefficient (Wildman–Crippen LogP) is 3.78. The van der Waals surface area contributed by atoms with Gasteiger partial charge in [-0.3, -0.25) is 9.59 Å². The van der Waals surface area contributed by atoms with E-state index in [0.29, 0.717) is 56.8 Å². The highest BCUT2D eigenvalue weighted by atomic mass is 35.5. The van der Waals surface area contributed by atoms with Crippen molar-refractivity contribution in [1.29, 1.82) is 0 Å². The molecule has 0 radical (unpaired) electrons. The van der Waals surface area contributed by atoms with Gasteiger partial charge in [0.05, 0.1) is 29.2 Å². The Labute approximate surface area is 219 Å². The van der Waals surface area contributed by atoms with Crippen LogP contribution in [0.2, 0.25) is 0 Å². The van der Waals surface area contributed by atoms with Crippen LogP contribution in [0.25, 0.3) is 0 Å². The van der Waals surface area contributed by atoms with Crippen LogP contribution in [0.5, 0.6) is 0 Å². The van der Waals surface area contributed by atoms with Crippen LogP contribution >= 0.6 is 11.6 Å². The van der Waals surface area contributed by atoms with Gasteiger partial charge >= 0.3 is 0 Å². The summed E-state index contributed by atoms with van der Waals surface area (Å²) in [5.41, 5.74) is -1.15. The van der Waals surface area contributed by atoms with Gasteiger partial charge in [0.1, 0.15) is 19.4 Å². The summed E-state index contributed by atoms with van der Waals surface area (Å²) < 4.78 is 25.5. The molecule has 0 spiro atoms. The van der Waals surface area contributed by atoms with Gasteiger partial charge in [-0.15, -0.1) is 11.6 Å². The number of carbonyl (C=O) groups excluding carboxylic acids is 2. The molecule has 0 aromatic carbocycles. The van der Waals surface area contributed by atoms with Crippen LogP contribution in [-0.2, 0) is 19.1 Å². The van der Waals surface area contributed by atoms with E-state index in [9.17, 15) is 19.1 Å². The van der Waals surface area contributed by atoms with Crippen molar-refractivity contribution in [3.63, 3.8) is 0 Å². The van der Waals surface area contributed by atoms with Gasteiger partial charge in [-0.05, 0) is 76.0 Å². The maximum absolute atomic E-state index is 13.8. The number of aliphatic hydroxyl groups excluding tert-OH is 1. The van der Waals surface area contributed by atoms with Crippen LogP contribution in [0.1, 0.15) is 90.9 Å². The van der Waals surface area contributed by atoms with E-state index in [4.69, 9.17) is 21.1 Å². The first-order valence-electron chi connectivity index (χ1n) is 13.9. The van der Waals surface area contributed by atoms with Crippen molar-refractivity contribution in [1.82, 2.24) is 10.6 Å². The van der Waals surface area contributed by atoms with Gasteiger partial charge in [-0.2, -0.15) is 0 Å². The first kappa shape index (κ1) is 28.1. The molecule has 5 aliphatic carbocycles. The standard InChI is InChI=1S/C27H44ClFN2O5/c1-3-18-10-17(2)11-20(12-18)36-15-24(33)30-26-6-8-27(9-7-26,23(32)14-26)31-25(34)16-35-19-4-5-21(28)22(29)13-19/h17-23,32H,3-16H2,1-2H3,(H,30,33)(H,31,34)/t17?,18?,19?,20?,21?,22?,23-,26?,27?/m0/s1. The summed E-state index contributed by atoms with van der Waals surface area (Å²) in [6, 6.07) is 0. The highest BCUT2D eigenvalue weighted by Crippen LogP contribution is 2.47. The molecular weight excluding hydrogens is 487 g/mol. The smallest absolute Gasteiger partial charge is 0.246 e. The Balaban J connectivity index is 1.21. The second-order valence-electron chi connectivity index (χ2n) is 12.1. The van der Waals surface area contributed by atoms with Crippen LogP contribution in [-0.4, -0.2) is 71.1 Å². The van der Waals surface area contributed by atoms with Crippen LogP contribution in [0.4, 0.5) is 4.39 Å². The Morgan fingerprint density at radius 2 is 1.64 bits per heavy atom. The normalized spacial score (nSPS) is 42.6. The van der Waals surface area contributed by atoms with Crippen molar-refractivity contribution in [2.45, 2.75) is 132 Å². The molecule has 0 aromatic heterocycles. The largest absolute Gasteiger partial charge is 0.391 e. The fraction of sp³-hybridized carbons (Fsp3) is 0.926. The molecule has 206 valence electrons. The maximum Gasteiger partial charge on any atom is 0.246 e. The zero-order chi connectivity index (χ0) is 25.9. The highest BCUT2D eigenvalue weighted by Gasteiger charge is 2.55. The van der Waals surface area contributed by atoms with E-state index in [2.05, 4.69) is 24.5 Å².